The number of thiazole rings is 1. The lowest BCUT2D eigenvalue weighted by atomic mass is 10.2. The maximum atomic E-state index is 5.70. The Morgan fingerprint density at radius 1 is 1.19 bits per heavy atom. The number of benzene rings is 1. The zero-order valence-electron chi connectivity index (χ0n) is 14.1. The molecule has 0 bridgehead atoms. The van der Waals surface area contributed by atoms with Crippen molar-refractivity contribution in [2.24, 2.45) is 0 Å². The highest BCUT2D eigenvalue weighted by atomic mass is 79.9. The first-order valence-electron chi connectivity index (χ1n) is 7.88. The number of thioether (sulfide) groups is 1. The number of ether oxygens (including phenoxy) is 1. The van der Waals surface area contributed by atoms with Gasteiger partial charge >= 0.3 is 0 Å². The summed E-state index contributed by atoms with van der Waals surface area (Å²) in [5.74, 6) is 1.92. The first-order valence-corrected chi connectivity index (χ1v) is 10.5. The molecule has 3 aromatic heterocycles. The van der Waals surface area contributed by atoms with Gasteiger partial charge in [0.1, 0.15) is 10.8 Å². The molecule has 0 saturated carbocycles. The van der Waals surface area contributed by atoms with Crippen LogP contribution < -0.4 is 4.74 Å². The highest BCUT2D eigenvalue weighted by Gasteiger charge is 2.13. The van der Waals surface area contributed by atoms with Crippen molar-refractivity contribution in [2.75, 3.05) is 7.11 Å². The monoisotopic (exact) mass is 460 g/mol. The fourth-order valence-electron chi connectivity index (χ4n) is 2.36. The van der Waals surface area contributed by atoms with Crippen LogP contribution in [0.2, 0.25) is 0 Å². The van der Waals surface area contributed by atoms with Crippen LogP contribution in [-0.2, 0) is 5.75 Å². The van der Waals surface area contributed by atoms with Crippen LogP contribution in [0.15, 0.2) is 62.2 Å². The molecule has 0 aliphatic rings. The highest BCUT2D eigenvalue weighted by molar-refractivity contribution is 9.10. The number of nitrogens with zero attached hydrogens (tertiary/aromatic N) is 4. The minimum atomic E-state index is 0.484. The quantitative estimate of drug-likeness (QED) is 0.360. The van der Waals surface area contributed by atoms with E-state index in [1.165, 1.54) is 11.8 Å². The minimum absolute atomic E-state index is 0.484. The smallest absolute Gasteiger partial charge is 0.277 e. The molecule has 3 heterocycles. The summed E-state index contributed by atoms with van der Waals surface area (Å²) in [7, 11) is 1.66. The van der Waals surface area contributed by atoms with Gasteiger partial charge in [-0.05, 0) is 30.3 Å². The topological polar surface area (TPSA) is 73.9 Å². The van der Waals surface area contributed by atoms with Crippen molar-refractivity contribution in [1.82, 2.24) is 20.2 Å². The average Bonchev–Trinajstić information content (AvgIpc) is 3.37. The van der Waals surface area contributed by atoms with E-state index in [2.05, 4.69) is 31.1 Å². The lowest BCUT2D eigenvalue weighted by Crippen LogP contribution is -1.88. The van der Waals surface area contributed by atoms with E-state index in [-0.39, 0.29) is 0 Å². The van der Waals surface area contributed by atoms with Crippen molar-refractivity contribution in [1.29, 1.82) is 0 Å². The van der Waals surface area contributed by atoms with Crippen molar-refractivity contribution in [2.45, 2.75) is 11.0 Å². The van der Waals surface area contributed by atoms with Gasteiger partial charge in [0.2, 0.25) is 5.89 Å². The summed E-state index contributed by atoms with van der Waals surface area (Å²) >= 11 is 6.54. The Morgan fingerprint density at radius 3 is 2.85 bits per heavy atom. The third-order valence-corrected chi connectivity index (χ3v) is 5.89. The van der Waals surface area contributed by atoms with Crippen LogP contribution >= 0.6 is 39.0 Å². The van der Waals surface area contributed by atoms with Crippen LogP contribution in [0.25, 0.3) is 22.0 Å². The molecule has 0 N–H and O–H groups in total. The Balaban J connectivity index is 1.46. The van der Waals surface area contributed by atoms with E-state index in [0.29, 0.717) is 16.9 Å². The second kappa shape index (κ2) is 8.20. The Morgan fingerprint density at radius 2 is 2.04 bits per heavy atom. The molecule has 0 saturated heterocycles. The number of hydrogen-bond donors (Lipinski definition) is 0. The Labute approximate surface area is 172 Å². The van der Waals surface area contributed by atoms with Crippen molar-refractivity contribution >= 4 is 39.0 Å². The second-order valence-corrected chi connectivity index (χ2v) is 8.09. The first-order chi connectivity index (χ1) is 13.2. The van der Waals surface area contributed by atoms with Gasteiger partial charge in [0, 0.05) is 33.6 Å². The number of rotatable bonds is 6. The number of pyridine rings is 1. The third kappa shape index (κ3) is 4.20. The molecule has 9 heteroatoms. The lowest BCUT2D eigenvalue weighted by molar-refractivity contribution is 0.416. The molecule has 27 heavy (non-hydrogen) atoms. The van der Waals surface area contributed by atoms with E-state index in [0.717, 1.165) is 32.1 Å². The van der Waals surface area contributed by atoms with Gasteiger partial charge in [0.15, 0.2) is 0 Å². The fourth-order valence-corrected chi connectivity index (χ4v) is 4.32. The maximum Gasteiger partial charge on any atom is 0.277 e. The summed E-state index contributed by atoms with van der Waals surface area (Å²) in [6.45, 7) is 0. The summed E-state index contributed by atoms with van der Waals surface area (Å²) < 4.78 is 12.1. The largest absolute Gasteiger partial charge is 0.496 e. The van der Waals surface area contributed by atoms with E-state index >= 15 is 0 Å². The van der Waals surface area contributed by atoms with Crippen molar-refractivity contribution < 1.29 is 9.15 Å². The van der Waals surface area contributed by atoms with Gasteiger partial charge < -0.3 is 9.15 Å². The molecule has 0 aliphatic heterocycles. The van der Waals surface area contributed by atoms with Gasteiger partial charge in [-0.25, -0.2) is 4.98 Å². The van der Waals surface area contributed by atoms with Gasteiger partial charge in [-0.15, -0.1) is 21.5 Å². The van der Waals surface area contributed by atoms with Gasteiger partial charge in [-0.1, -0.05) is 27.7 Å². The molecule has 0 unspecified atom stereocenters. The predicted octanol–water partition coefficient (Wildman–Crippen LogP) is 5.32. The zero-order chi connectivity index (χ0) is 18.6. The number of hydrogen-bond acceptors (Lipinski definition) is 8. The molecule has 1 aromatic carbocycles. The second-order valence-electron chi connectivity index (χ2n) is 5.39. The van der Waals surface area contributed by atoms with Crippen LogP contribution in [-0.4, -0.2) is 27.3 Å². The number of halogens is 1. The maximum absolute atomic E-state index is 5.70. The summed E-state index contributed by atoms with van der Waals surface area (Å²) in [5.41, 5.74) is 2.76. The minimum Gasteiger partial charge on any atom is -0.496 e. The number of aromatic nitrogens is 4. The van der Waals surface area contributed by atoms with Crippen molar-refractivity contribution in [3.05, 3.63) is 58.3 Å². The first kappa shape index (κ1) is 18.1. The van der Waals surface area contributed by atoms with Gasteiger partial charge in [0.05, 0.1) is 18.4 Å². The van der Waals surface area contributed by atoms with Crippen LogP contribution in [0.1, 0.15) is 5.69 Å². The average molecular weight is 461 g/mol. The molecule has 4 aromatic rings. The fraction of sp³-hybridized carbons (Fsp3) is 0.111. The van der Waals surface area contributed by atoms with E-state index in [9.17, 15) is 0 Å². The number of methoxy groups -OCH3 is 1. The molecule has 136 valence electrons. The molecule has 0 atom stereocenters. The molecule has 0 fully saturated rings. The summed E-state index contributed by atoms with van der Waals surface area (Å²) in [4.78, 5) is 8.69. The molecule has 6 nitrogen and oxygen atoms in total. The lowest BCUT2D eigenvalue weighted by Gasteiger charge is -2.06. The predicted molar refractivity (Wildman–Crippen MR) is 109 cm³/mol. The Kier molecular flexibility index (Phi) is 5.51. The van der Waals surface area contributed by atoms with Crippen LogP contribution in [0, 0.1) is 0 Å². The summed E-state index contributed by atoms with van der Waals surface area (Å²) in [6.07, 6.45) is 3.39. The van der Waals surface area contributed by atoms with Crippen LogP contribution in [0.3, 0.4) is 0 Å². The molecular formula is C18H13BrN4O2S2. The molecular weight excluding hydrogens is 448 g/mol. The molecule has 0 radical (unpaired) electrons. The van der Waals surface area contributed by atoms with Crippen molar-refractivity contribution in [3.8, 4) is 27.8 Å². The van der Waals surface area contributed by atoms with Gasteiger partial charge in [-0.2, -0.15) is 0 Å². The standard InChI is InChI=1S/C18H13BrN4O2S2/c1-24-15-3-2-12(19)8-14(15)17-21-13(9-26-17)10-27-18-23-22-16(25-18)11-4-6-20-7-5-11/h2-9H,10H2,1H3. The highest BCUT2D eigenvalue weighted by Crippen LogP contribution is 2.35. The zero-order valence-corrected chi connectivity index (χ0v) is 17.3. The van der Waals surface area contributed by atoms with Gasteiger partial charge in [-0.3, -0.25) is 4.98 Å². The Bertz CT molecular complexity index is 1050. The van der Waals surface area contributed by atoms with E-state index < -0.39 is 0 Å². The third-order valence-electron chi connectivity index (χ3n) is 3.62. The summed E-state index contributed by atoms with van der Waals surface area (Å²) in [5, 5.41) is 11.6. The molecule has 0 aliphatic carbocycles. The van der Waals surface area contributed by atoms with Crippen LogP contribution in [0.5, 0.6) is 5.75 Å². The molecule has 0 spiro atoms. The van der Waals surface area contributed by atoms with Gasteiger partial charge in [0.25, 0.3) is 5.22 Å². The van der Waals surface area contributed by atoms with E-state index in [4.69, 9.17) is 14.1 Å². The summed E-state index contributed by atoms with van der Waals surface area (Å²) in [6, 6.07) is 9.55. The van der Waals surface area contributed by atoms with E-state index in [1.807, 2.05) is 35.7 Å². The van der Waals surface area contributed by atoms with Crippen molar-refractivity contribution in [3.63, 3.8) is 0 Å². The van der Waals surface area contributed by atoms with E-state index in [1.54, 1.807) is 30.8 Å². The Hall–Kier alpha value is -2.23. The molecule has 0 amide bonds. The SMILES string of the molecule is COc1ccc(Br)cc1-c1nc(CSc2nnc(-c3ccncc3)o2)cs1. The van der Waals surface area contributed by atoms with Crippen LogP contribution in [0.4, 0.5) is 0 Å². The normalized spacial score (nSPS) is 10.9. The molecule has 4 rings (SSSR count).